The molecule has 4 N–H and O–H groups in total. The molecule has 0 saturated carbocycles. The number of nitrogens with two attached hydrogens (primary N) is 1. The van der Waals surface area contributed by atoms with Crippen LogP contribution in [-0.2, 0) is 0 Å². The molecular formula is C5H5BrN4O2S. The van der Waals surface area contributed by atoms with Crippen LogP contribution in [0.25, 0.3) is 10.3 Å². The molecule has 2 heterocycles. The monoisotopic (exact) mass is 264 g/mol. The lowest BCUT2D eigenvalue weighted by atomic mass is 10.6. The van der Waals surface area contributed by atoms with E-state index in [1.54, 1.807) is 0 Å². The van der Waals surface area contributed by atoms with Crippen LogP contribution in [0.1, 0.15) is 0 Å². The Labute approximate surface area is 85.6 Å². The molecule has 0 aromatic carbocycles. The number of nitrogens with zero attached hydrogens (tertiary/aromatic N) is 1. The Morgan fingerprint density at radius 2 is 2.00 bits per heavy atom. The fraction of sp³-hybridized carbons (Fsp3) is 0. The number of halogens is 1. The molecule has 2 aromatic heterocycles. The summed E-state index contributed by atoms with van der Waals surface area (Å²) in [6.07, 6.45) is 0. The lowest BCUT2D eigenvalue weighted by Crippen LogP contribution is -2.20. The molecule has 0 unspecified atom stereocenters. The molecule has 0 radical (unpaired) electrons. The molecule has 0 amide bonds. The molecule has 2 aromatic rings. The van der Waals surface area contributed by atoms with Crippen LogP contribution < -0.4 is 17.0 Å². The van der Waals surface area contributed by atoms with Gasteiger partial charge in [0.25, 0.3) is 5.56 Å². The number of thiazole rings is 1. The first kappa shape index (κ1) is 9.93. The molecule has 0 aliphatic heterocycles. The summed E-state index contributed by atoms with van der Waals surface area (Å²) < 4.78 is 0.340. The highest BCUT2D eigenvalue weighted by Crippen LogP contribution is 2.16. The van der Waals surface area contributed by atoms with Crippen LogP contribution >= 0.6 is 28.3 Å². The Hall–Kier alpha value is -1.15. The van der Waals surface area contributed by atoms with Gasteiger partial charge in [-0.15, -0.1) is 17.0 Å². The van der Waals surface area contributed by atoms with Crippen molar-refractivity contribution in [2.75, 3.05) is 5.73 Å². The molecule has 0 aliphatic carbocycles. The van der Waals surface area contributed by atoms with E-state index in [9.17, 15) is 9.59 Å². The molecule has 6 nitrogen and oxygen atoms in total. The van der Waals surface area contributed by atoms with Crippen molar-refractivity contribution in [3.05, 3.63) is 20.8 Å². The van der Waals surface area contributed by atoms with Crippen molar-refractivity contribution in [2.24, 2.45) is 0 Å². The molecule has 0 saturated heterocycles. The minimum Gasteiger partial charge on any atom is -0.375 e. The van der Waals surface area contributed by atoms with Gasteiger partial charge in [0.1, 0.15) is 4.70 Å². The number of rotatable bonds is 0. The third-order valence-electron chi connectivity index (χ3n) is 1.31. The van der Waals surface area contributed by atoms with E-state index < -0.39 is 11.2 Å². The lowest BCUT2D eigenvalue weighted by Gasteiger charge is -1.82. The fourth-order valence-electron chi connectivity index (χ4n) is 0.874. The first-order chi connectivity index (χ1) is 5.66. The van der Waals surface area contributed by atoms with Gasteiger partial charge in [-0.2, -0.15) is 0 Å². The standard InChI is InChI=1S/C5H4N4O2S.BrH/c6-4-7-2-1(12-4)3(10)9-5(11)8-2;/h(H4,6,7,8,9,10,11);1H. The highest BCUT2D eigenvalue weighted by atomic mass is 79.9. The van der Waals surface area contributed by atoms with E-state index in [2.05, 4.69) is 15.0 Å². The number of nitrogen functional groups attached to an aromatic ring is 1. The predicted octanol–water partition coefficient (Wildman–Crippen LogP) is -0.167. The maximum Gasteiger partial charge on any atom is 0.327 e. The van der Waals surface area contributed by atoms with Crippen LogP contribution in [0.4, 0.5) is 5.13 Å². The number of hydrogen-bond donors (Lipinski definition) is 3. The second kappa shape index (κ2) is 3.30. The van der Waals surface area contributed by atoms with E-state index in [4.69, 9.17) is 5.73 Å². The molecule has 0 atom stereocenters. The SMILES string of the molecule is Br.Nc1nc2[nH]c(=O)[nH]c(=O)c2s1. The van der Waals surface area contributed by atoms with Crippen molar-refractivity contribution in [2.45, 2.75) is 0 Å². The number of nitrogens with one attached hydrogen (secondary N) is 2. The first-order valence-corrected chi connectivity index (χ1v) is 3.87. The molecule has 0 bridgehead atoms. The minimum absolute atomic E-state index is 0. The van der Waals surface area contributed by atoms with Gasteiger partial charge in [0.05, 0.1) is 0 Å². The molecule has 0 fully saturated rings. The van der Waals surface area contributed by atoms with Gasteiger partial charge >= 0.3 is 5.69 Å². The van der Waals surface area contributed by atoms with Gasteiger partial charge in [-0.05, 0) is 0 Å². The van der Waals surface area contributed by atoms with Crippen LogP contribution in [0.2, 0.25) is 0 Å². The van der Waals surface area contributed by atoms with Crippen LogP contribution in [0.3, 0.4) is 0 Å². The number of hydrogen-bond acceptors (Lipinski definition) is 5. The van der Waals surface area contributed by atoms with Gasteiger partial charge in [0, 0.05) is 0 Å². The van der Waals surface area contributed by atoms with Crippen LogP contribution in [-0.4, -0.2) is 15.0 Å². The molecular weight excluding hydrogens is 260 g/mol. The van der Waals surface area contributed by atoms with E-state index in [0.29, 0.717) is 4.70 Å². The largest absolute Gasteiger partial charge is 0.375 e. The molecule has 0 spiro atoms. The summed E-state index contributed by atoms with van der Waals surface area (Å²) in [6, 6.07) is 0. The van der Waals surface area contributed by atoms with E-state index in [1.165, 1.54) is 0 Å². The topological polar surface area (TPSA) is 105 Å². The van der Waals surface area contributed by atoms with Crippen molar-refractivity contribution < 1.29 is 0 Å². The fourth-order valence-corrected chi connectivity index (χ4v) is 1.56. The van der Waals surface area contributed by atoms with Gasteiger partial charge in [0.15, 0.2) is 10.8 Å². The number of anilines is 1. The van der Waals surface area contributed by atoms with Crippen molar-refractivity contribution in [1.82, 2.24) is 15.0 Å². The van der Waals surface area contributed by atoms with Gasteiger partial charge in [0.2, 0.25) is 0 Å². The van der Waals surface area contributed by atoms with E-state index in [0.717, 1.165) is 11.3 Å². The second-order valence-electron chi connectivity index (χ2n) is 2.14. The quantitative estimate of drug-likeness (QED) is 0.615. The highest BCUT2D eigenvalue weighted by Gasteiger charge is 2.05. The van der Waals surface area contributed by atoms with E-state index in [-0.39, 0.29) is 27.8 Å². The number of H-pyrrole nitrogens is 2. The Morgan fingerprint density at radius 3 is 2.69 bits per heavy atom. The molecule has 2 rings (SSSR count). The zero-order chi connectivity index (χ0) is 8.72. The normalized spacial score (nSPS) is 9.85. The number of fused-ring (bicyclic) bond motifs is 1. The summed E-state index contributed by atoms with van der Waals surface area (Å²) in [6.45, 7) is 0. The van der Waals surface area contributed by atoms with E-state index >= 15 is 0 Å². The third kappa shape index (κ3) is 1.63. The Bertz CT molecular complexity index is 541. The summed E-state index contributed by atoms with van der Waals surface area (Å²) in [4.78, 5) is 30.0. The summed E-state index contributed by atoms with van der Waals surface area (Å²) in [7, 11) is 0. The lowest BCUT2D eigenvalue weighted by molar-refractivity contribution is 1.07. The van der Waals surface area contributed by atoms with Crippen molar-refractivity contribution in [3.63, 3.8) is 0 Å². The average Bonchev–Trinajstić information content (AvgIpc) is 2.29. The van der Waals surface area contributed by atoms with Crippen molar-refractivity contribution in [1.29, 1.82) is 0 Å². The molecule has 13 heavy (non-hydrogen) atoms. The smallest absolute Gasteiger partial charge is 0.327 e. The van der Waals surface area contributed by atoms with Crippen molar-refractivity contribution >= 4 is 43.8 Å². The molecule has 70 valence electrons. The highest BCUT2D eigenvalue weighted by molar-refractivity contribution is 8.93. The number of aromatic amines is 2. The first-order valence-electron chi connectivity index (χ1n) is 3.05. The molecule has 0 aliphatic rings. The van der Waals surface area contributed by atoms with Gasteiger partial charge in [-0.1, -0.05) is 11.3 Å². The summed E-state index contributed by atoms with van der Waals surface area (Å²) in [5.74, 6) is 0. The van der Waals surface area contributed by atoms with E-state index in [1.807, 2.05) is 0 Å². The maximum atomic E-state index is 11.1. The Morgan fingerprint density at radius 1 is 1.31 bits per heavy atom. The summed E-state index contributed by atoms with van der Waals surface area (Å²) in [5, 5.41) is 0.261. The molecule has 8 heteroatoms. The minimum atomic E-state index is -0.571. The van der Waals surface area contributed by atoms with Crippen molar-refractivity contribution in [3.8, 4) is 0 Å². The Balaban J connectivity index is 0.000000845. The number of aromatic nitrogens is 3. The van der Waals surface area contributed by atoms with Gasteiger partial charge < -0.3 is 5.73 Å². The van der Waals surface area contributed by atoms with Gasteiger partial charge in [-0.25, -0.2) is 9.78 Å². The summed E-state index contributed by atoms with van der Waals surface area (Å²) in [5.41, 5.74) is 4.56. The zero-order valence-electron chi connectivity index (χ0n) is 6.16. The third-order valence-corrected chi connectivity index (χ3v) is 2.19. The maximum absolute atomic E-state index is 11.1. The summed E-state index contributed by atoms with van der Waals surface area (Å²) >= 11 is 1.04. The van der Waals surface area contributed by atoms with Gasteiger partial charge in [-0.3, -0.25) is 14.8 Å². The zero-order valence-corrected chi connectivity index (χ0v) is 8.69. The van der Waals surface area contributed by atoms with Crippen LogP contribution in [0, 0.1) is 0 Å². The van der Waals surface area contributed by atoms with Crippen LogP contribution in [0.15, 0.2) is 9.59 Å². The average molecular weight is 265 g/mol. The Kier molecular flexibility index (Phi) is 2.52. The van der Waals surface area contributed by atoms with Crippen LogP contribution in [0.5, 0.6) is 0 Å². The predicted molar refractivity (Wildman–Crippen MR) is 55.6 cm³/mol. The second-order valence-corrected chi connectivity index (χ2v) is 3.17.